The predicted molar refractivity (Wildman–Crippen MR) is 94.5 cm³/mol. The smallest absolute Gasteiger partial charge is 0.289 e. The molecule has 2 aromatic heterocycles. The maximum Gasteiger partial charge on any atom is 0.289 e. The van der Waals surface area contributed by atoms with E-state index in [0.29, 0.717) is 24.9 Å². The van der Waals surface area contributed by atoms with Gasteiger partial charge in [-0.1, -0.05) is 19.8 Å². The maximum absolute atomic E-state index is 12.4. The van der Waals surface area contributed by atoms with Crippen molar-refractivity contribution in [3.8, 4) is 0 Å². The molecule has 1 atom stereocenters. The Hall–Kier alpha value is -1.93. The van der Waals surface area contributed by atoms with Crippen LogP contribution in [0.4, 0.5) is 0 Å². The average molecular weight is 394 g/mol. The van der Waals surface area contributed by atoms with Gasteiger partial charge in [0.25, 0.3) is 5.91 Å². The molecule has 8 nitrogen and oxygen atoms in total. The molecular weight excluding hydrogens is 368 g/mol. The number of halogens is 1. The largest absolute Gasteiger partial charge is 1.00 e. The van der Waals surface area contributed by atoms with Crippen LogP contribution >= 0.6 is 0 Å². The molecule has 3 heterocycles. The molecule has 9 heteroatoms. The minimum Gasteiger partial charge on any atom is -1.00 e. The molecule has 2 aromatic rings. The number of carbonyl (C=O) groups excluding carboxylic acids is 1. The van der Waals surface area contributed by atoms with Crippen LogP contribution in [0.5, 0.6) is 0 Å². The van der Waals surface area contributed by atoms with Crippen molar-refractivity contribution in [1.29, 1.82) is 0 Å². The van der Waals surface area contributed by atoms with Gasteiger partial charge in [-0.25, -0.2) is 4.68 Å². The highest BCUT2D eigenvalue weighted by atomic mass is 35.5. The van der Waals surface area contributed by atoms with Gasteiger partial charge in [0.15, 0.2) is 11.6 Å². The van der Waals surface area contributed by atoms with Crippen LogP contribution in [0.15, 0.2) is 22.8 Å². The first-order chi connectivity index (χ1) is 12.8. The van der Waals surface area contributed by atoms with Crippen LogP contribution < -0.4 is 12.4 Å². The van der Waals surface area contributed by atoms with Crippen LogP contribution in [0.25, 0.3) is 0 Å². The highest BCUT2D eigenvalue weighted by Gasteiger charge is 2.32. The molecule has 0 spiro atoms. The molecule has 0 N–H and O–H groups in total. The summed E-state index contributed by atoms with van der Waals surface area (Å²) < 4.78 is 7.30. The second kappa shape index (κ2) is 8.84. The van der Waals surface area contributed by atoms with Gasteiger partial charge in [-0.2, -0.15) is 0 Å². The van der Waals surface area contributed by atoms with Crippen molar-refractivity contribution in [2.75, 3.05) is 26.2 Å². The summed E-state index contributed by atoms with van der Waals surface area (Å²) in [5.74, 6) is 1.36. The standard InChI is InChI=1S/C18H26N6O2.ClH/c1-2-15(17-19-20-21-24(17)14-6-3-4-7-14)22-9-11-23(12-10-22)18(25)16-8-5-13-26-16;/h5,8,13-15H,2-4,6-7,9-12H2,1H3;1H/p-1. The van der Waals surface area contributed by atoms with Gasteiger partial charge in [0.2, 0.25) is 0 Å². The first kappa shape index (κ1) is 19.8. The zero-order chi connectivity index (χ0) is 17.9. The van der Waals surface area contributed by atoms with Gasteiger partial charge < -0.3 is 21.7 Å². The topological polar surface area (TPSA) is 80.3 Å². The average Bonchev–Trinajstić information content (AvgIpc) is 3.43. The van der Waals surface area contributed by atoms with E-state index in [4.69, 9.17) is 4.42 Å². The third kappa shape index (κ3) is 4.01. The Kier molecular flexibility index (Phi) is 6.49. The lowest BCUT2D eigenvalue weighted by Crippen LogP contribution is -3.00. The molecule has 2 aliphatic rings. The molecular formula is C18H26ClN6O2-. The molecule has 2 fully saturated rings. The lowest BCUT2D eigenvalue weighted by atomic mass is 10.1. The second-order valence-corrected chi connectivity index (χ2v) is 7.15. The van der Waals surface area contributed by atoms with Crippen molar-refractivity contribution in [2.45, 2.75) is 51.1 Å². The highest BCUT2D eigenvalue weighted by molar-refractivity contribution is 5.91. The third-order valence-electron chi connectivity index (χ3n) is 5.65. The summed E-state index contributed by atoms with van der Waals surface area (Å²) >= 11 is 0. The van der Waals surface area contributed by atoms with Gasteiger partial charge in [0.05, 0.1) is 18.3 Å². The van der Waals surface area contributed by atoms with E-state index in [1.165, 1.54) is 25.7 Å². The number of hydrogen-bond donors (Lipinski definition) is 0. The molecule has 27 heavy (non-hydrogen) atoms. The van der Waals surface area contributed by atoms with E-state index in [1.807, 2.05) is 4.90 Å². The summed E-state index contributed by atoms with van der Waals surface area (Å²) in [6.07, 6.45) is 7.35. The highest BCUT2D eigenvalue weighted by Crippen LogP contribution is 2.32. The van der Waals surface area contributed by atoms with E-state index in [0.717, 1.165) is 25.3 Å². The van der Waals surface area contributed by atoms with E-state index >= 15 is 0 Å². The number of carbonyl (C=O) groups is 1. The van der Waals surface area contributed by atoms with Gasteiger partial charge >= 0.3 is 0 Å². The summed E-state index contributed by atoms with van der Waals surface area (Å²) in [6, 6.07) is 4.11. The lowest BCUT2D eigenvalue weighted by Gasteiger charge is -2.38. The molecule has 1 unspecified atom stereocenters. The van der Waals surface area contributed by atoms with E-state index in [2.05, 4.69) is 32.0 Å². The molecule has 0 bridgehead atoms. The van der Waals surface area contributed by atoms with Gasteiger partial charge in [-0.3, -0.25) is 9.69 Å². The summed E-state index contributed by atoms with van der Waals surface area (Å²) in [5, 5.41) is 12.6. The van der Waals surface area contributed by atoms with Crippen LogP contribution in [0.3, 0.4) is 0 Å². The van der Waals surface area contributed by atoms with Crippen molar-refractivity contribution < 1.29 is 21.6 Å². The van der Waals surface area contributed by atoms with Crippen molar-refractivity contribution in [3.05, 3.63) is 30.0 Å². The zero-order valence-corrected chi connectivity index (χ0v) is 16.4. The molecule has 148 valence electrons. The van der Waals surface area contributed by atoms with Crippen LogP contribution in [0, 0.1) is 0 Å². The quantitative estimate of drug-likeness (QED) is 0.668. The number of nitrogens with zero attached hydrogens (tertiary/aromatic N) is 6. The molecule has 0 aromatic carbocycles. The Bertz CT molecular complexity index is 720. The predicted octanol–water partition coefficient (Wildman–Crippen LogP) is -0.706. The zero-order valence-electron chi connectivity index (χ0n) is 15.6. The van der Waals surface area contributed by atoms with E-state index < -0.39 is 0 Å². The number of amides is 1. The summed E-state index contributed by atoms with van der Waals surface area (Å²) in [5.41, 5.74) is 0. The van der Waals surface area contributed by atoms with E-state index in [9.17, 15) is 4.79 Å². The normalized spacial score (nSPS) is 19.8. The Morgan fingerprint density at radius 1 is 1.26 bits per heavy atom. The molecule has 0 radical (unpaired) electrons. The number of tetrazole rings is 1. The molecule has 1 saturated heterocycles. The Labute approximate surface area is 165 Å². The fourth-order valence-corrected chi connectivity index (χ4v) is 4.23. The third-order valence-corrected chi connectivity index (χ3v) is 5.65. The number of rotatable bonds is 5. The molecule has 1 saturated carbocycles. The number of hydrogen-bond acceptors (Lipinski definition) is 6. The van der Waals surface area contributed by atoms with Crippen molar-refractivity contribution in [3.63, 3.8) is 0 Å². The number of piperazine rings is 1. The Morgan fingerprint density at radius 3 is 2.63 bits per heavy atom. The van der Waals surface area contributed by atoms with Crippen LogP contribution in [-0.4, -0.2) is 62.1 Å². The van der Waals surface area contributed by atoms with Gasteiger partial charge in [-0.15, -0.1) is 5.10 Å². The van der Waals surface area contributed by atoms with E-state index in [1.54, 1.807) is 18.4 Å². The van der Waals surface area contributed by atoms with Crippen LogP contribution in [0.2, 0.25) is 0 Å². The fraction of sp³-hybridized carbons (Fsp3) is 0.667. The molecule has 1 amide bonds. The fourth-order valence-electron chi connectivity index (χ4n) is 4.23. The summed E-state index contributed by atoms with van der Waals surface area (Å²) in [4.78, 5) is 16.7. The van der Waals surface area contributed by atoms with Crippen LogP contribution in [0.1, 0.15) is 67.5 Å². The number of aromatic nitrogens is 4. The second-order valence-electron chi connectivity index (χ2n) is 7.15. The molecule has 1 aliphatic carbocycles. The minimum atomic E-state index is -0.0292. The van der Waals surface area contributed by atoms with Gasteiger partial charge in [0, 0.05) is 26.2 Å². The molecule has 4 rings (SSSR count). The Balaban J connectivity index is 0.00000210. The van der Waals surface area contributed by atoms with Crippen LogP contribution in [-0.2, 0) is 0 Å². The van der Waals surface area contributed by atoms with Crippen molar-refractivity contribution in [1.82, 2.24) is 30.0 Å². The van der Waals surface area contributed by atoms with Gasteiger partial charge in [-0.05, 0) is 41.8 Å². The van der Waals surface area contributed by atoms with Crippen molar-refractivity contribution in [2.24, 2.45) is 0 Å². The summed E-state index contributed by atoms with van der Waals surface area (Å²) in [7, 11) is 0. The number of furan rings is 1. The SMILES string of the molecule is CCC(c1nnnn1C1CCCC1)N1CCN(C(=O)c2ccco2)CC1.[Cl-]. The monoisotopic (exact) mass is 393 g/mol. The maximum atomic E-state index is 12.4. The lowest BCUT2D eigenvalue weighted by molar-refractivity contribution is -0.0000167. The van der Waals surface area contributed by atoms with Crippen molar-refractivity contribution >= 4 is 5.91 Å². The first-order valence-electron chi connectivity index (χ1n) is 9.62. The van der Waals surface area contributed by atoms with Gasteiger partial charge in [0.1, 0.15) is 0 Å². The first-order valence-corrected chi connectivity index (χ1v) is 9.62. The Morgan fingerprint density at radius 2 is 2.00 bits per heavy atom. The molecule has 1 aliphatic heterocycles. The van der Waals surface area contributed by atoms with E-state index in [-0.39, 0.29) is 24.4 Å². The minimum absolute atomic E-state index is 0. The summed E-state index contributed by atoms with van der Waals surface area (Å²) in [6.45, 7) is 5.21.